The molecule has 18 heavy (non-hydrogen) atoms. The van der Waals surface area contributed by atoms with E-state index < -0.39 is 0 Å². The van der Waals surface area contributed by atoms with Crippen LogP contribution in [0.3, 0.4) is 0 Å². The second-order valence-electron chi connectivity index (χ2n) is 4.30. The molecular formula is C11H11N7. The topological polar surface area (TPSA) is 75.5 Å². The van der Waals surface area contributed by atoms with Gasteiger partial charge in [0.15, 0.2) is 11.5 Å². The van der Waals surface area contributed by atoms with E-state index in [4.69, 9.17) is 0 Å². The number of nitrogens with zero attached hydrogens (tertiary/aromatic N) is 6. The first kappa shape index (κ1) is 9.58. The average Bonchev–Trinajstić information content (AvgIpc) is 3.05. The van der Waals surface area contributed by atoms with Crippen molar-refractivity contribution in [1.82, 2.24) is 29.5 Å². The monoisotopic (exact) mass is 241 g/mol. The Labute approximate surface area is 103 Å². The highest BCUT2D eigenvalue weighted by Gasteiger charge is 2.19. The van der Waals surface area contributed by atoms with E-state index in [9.17, 15) is 0 Å². The van der Waals surface area contributed by atoms with Gasteiger partial charge in [-0.2, -0.15) is 0 Å². The number of hydrogen-bond acceptors (Lipinski definition) is 5. The third-order valence-corrected chi connectivity index (χ3v) is 3.26. The number of aromatic amines is 1. The van der Waals surface area contributed by atoms with Gasteiger partial charge in [-0.05, 0) is 0 Å². The minimum Gasteiger partial charge on any atom is -0.347 e. The minimum atomic E-state index is 0.707. The lowest BCUT2D eigenvalue weighted by Crippen LogP contribution is -2.33. The van der Waals surface area contributed by atoms with Crippen LogP contribution in [0.15, 0.2) is 25.2 Å². The molecule has 1 aliphatic rings. The van der Waals surface area contributed by atoms with Crippen molar-refractivity contribution in [3.8, 4) is 0 Å². The lowest BCUT2D eigenvalue weighted by Gasteiger charge is -2.28. The predicted octanol–water partition coefficient (Wildman–Crippen LogP) is 0.570. The number of rotatable bonds is 1. The summed E-state index contributed by atoms with van der Waals surface area (Å²) in [7, 11) is 0. The lowest BCUT2D eigenvalue weighted by atomic mass is 10.3. The second kappa shape index (κ2) is 3.52. The molecule has 0 aliphatic carbocycles. The predicted molar refractivity (Wildman–Crippen MR) is 65.0 cm³/mol. The van der Waals surface area contributed by atoms with Crippen LogP contribution < -0.4 is 4.90 Å². The van der Waals surface area contributed by atoms with E-state index in [1.165, 1.54) is 5.69 Å². The third kappa shape index (κ3) is 1.30. The van der Waals surface area contributed by atoms with Gasteiger partial charge in [-0.1, -0.05) is 0 Å². The highest BCUT2D eigenvalue weighted by Crippen LogP contribution is 2.23. The van der Waals surface area contributed by atoms with Gasteiger partial charge < -0.3 is 14.5 Å². The van der Waals surface area contributed by atoms with Crippen LogP contribution >= 0.6 is 0 Å². The van der Waals surface area contributed by atoms with Crippen molar-refractivity contribution >= 4 is 17.0 Å². The van der Waals surface area contributed by atoms with Crippen molar-refractivity contribution in [3.63, 3.8) is 0 Å². The fraction of sp³-hybridized carbons (Fsp3) is 0.273. The smallest absolute Gasteiger partial charge is 0.182 e. The maximum absolute atomic E-state index is 4.37. The largest absolute Gasteiger partial charge is 0.347 e. The zero-order chi connectivity index (χ0) is 11.9. The van der Waals surface area contributed by atoms with Crippen LogP contribution in [0.4, 0.5) is 5.82 Å². The molecule has 0 saturated heterocycles. The summed E-state index contributed by atoms with van der Waals surface area (Å²) >= 11 is 0. The minimum absolute atomic E-state index is 0.707. The molecular weight excluding hydrogens is 230 g/mol. The summed E-state index contributed by atoms with van der Waals surface area (Å²) in [5, 5.41) is 0. The molecule has 0 aromatic carbocycles. The summed E-state index contributed by atoms with van der Waals surface area (Å²) in [5.41, 5.74) is 2.80. The molecule has 0 bridgehead atoms. The molecule has 3 aromatic rings. The maximum atomic E-state index is 4.37. The van der Waals surface area contributed by atoms with E-state index in [0.717, 1.165) is 31.0 Å². The summed E-state index contributed by atoms with van der Waals surface area (Å²) in [6.07, 6.45) is 6.98. The molecule has 4 rings (SSSR count). The molecule has 0 atom stereocenters. The number of fused-ring (bicyclic) bond motifs is 2. The van der Waals surface area contributed by atoms with Crippen molar-refractivity contribution < 1.29 is 0 Å². The molecule has 0 unspecified atom stereocenters. The standard InChI is InChI=1S/C11H11N7/c1-2-18-7-12-3-8(18)4-17(1)11-9-10(14-5-13-9)15-6-16-11/h3,5-7H,1-2,4H2,(H,13,14,15,16). The first-order valence-corrected chi connectivity index (χ1v) is 5.80. The van der Waals surface area contributed by atoms with Gasteiger partial charge in [0, 0.05) is 19.3 Å². The summed E-state index contributed by atoms with van der Waals surface area (Å²) in [6.45, 7) is 2.65. The van der Waals surface area contributed by atoms with Crippen molar-refractivity contribution in [3.05, 3.63) is 30.9 Å². The number of H-pyrrole nitrogens is 1. The highest BCUT2D eigenvalue weighted by molar-refractivity contribution is 5.82. The summed E-state index contributed by atoms with van der Waals surface area (Å²) in [6, 6.07) is 0. The first-order valence-electron chi connectivity index (χ1n) is 5.80. The second-order valence-corrected chi connectivity index (χ2v) is 4.30. The molecule has 1 N–H and O–H groups in total. The maximum Gasteiger partial charge on any atom is 0.182 e. The molecule has 1 aliphatic heterocycles. The van der Waals surface area contributed by atoms with Gasteiger partial charge in [0.1, 0.15) is 11.8 Å². The van der Waals surface area contributed by atoms with Crippen LogP contribution in [0.1, 0.15) is 5.69 Å². The van der Waals surface area contributed by atoms with Crippen LogP contribution in [0.25, 0.3) is 11.2 Å². The Balaban J connectivity index is 1.78. The van der Waals surface area contributed by atoms with Gasteiger partial charge in [0.2, 0.25) is 0 Å². The summed E-state index contributed by atoms with van der Waals surface area (Å²) in [5.74, 6) is 0.907. The fourth-order valence-corrected chi connectivity index (χ4v) is 2.36. The molecule has 0 spiro atoms. The van der Waals surface area contributed by atoms with Crippen molar-refractivity contribution in [1.29, 1.82) is 0 Å². The molecule has 0 radical (unpaired) electrons. The number of nitrogens with one attached hydrogen (secondary N) is 1. The Hall–Kier alpha value is -2.44. The van der Waals surface area contributed by atoms with Crippen molar-refractivity contribution in [2.24, 2.45) is 0 Å². The molecule has 90 valence electrons. The van der Waals surface area contributed by atoms with E-state index in [1.807, 2.05) is 12.5 Å². The molecule has 7 heteroatoms. The Morgan fingerprint density at radius 2 is 2.17 bits per heavy atom. The molecule has 0 amide bonds. The van der Waals surface area contributed by atoms with Gasteiger partial charge in [-0.15, -0.1) is 0 Å². The van der Waals surface area contributed by atoms with E-state index in [0.29, 0.717) is 5.65 Å². The van der Waals surface area contributed by atoms with Crippen molar-refractivity contribution in [2.45, 2.75) is 13.1 Å². The van der Waals surface area contributed by atoms with Gasteiger partial charge in [0.25, 0.3) is 0 Å². The van der Waals surface area contributed by atoms with Gasteiger partial charge in [-0.3, -0.25) is 0 Å². The van der Waals surface area contributed by atoms with Crippen LogP contribution in [-0.2, 0) is 13.1 Å². The third-order valence-electron chi connectivity index (χ3n) is 3.26. The van der Waals surface area contributed by atoms with Crippen molar-refractivity contribution in [2.75, 3.05) is 11.4 Å². The number of anilines is 1. The molecule has 3 aromatic heterocycles. The molecule has 7 nitrogen and oxygen atoms in total. The SMILES string of the molecule is c1nc(N2CCn3cncc3C2)c2[nH]cnc2n1. The van der Waals surface area contributed by atoms with E-state index in [2.05, 4.69) is 34.4 Å². The number of imidazole rings is 2. The molecule has 0 saturated carbocycles. The van der Waals surface area contributed by atoms with Crippen LogP contribution in [0.5, 0.6) is 0 Å². The zero-order valence-electron chi connectivity index (χ0n) is 9.61. The van der Waals surface area contributed by atoms with E-state index in [1.54, 1.807) is 12.7 Å². The van der Waals surface area contributed by atoms with E-state index >= 15 is 0 Å². The first-order chi connectivity index (χ1) is 8.92. The van der Waals surface area contributed by atoms with Crippen LogP contribution in [-0.4, -0.2) is 36.0 Å². The number of hydrogen-bond donors (Lipinski definition) is 1. The summed E-state index contributed by atoms with van der Waals surface area (Å²) in [4.78, 5) is 22.2. The normalized spacial score (nSPS) is 15.0. The van der Waals surface area contributed by atoms with Gasteiger partial charge >= 0.3 is 0 Å². The highest BCUT2D eigenvalue weighted by atomic mass is 15.3. The van der Waals surface area contributed by atoms with E-state index in [-0.39, 0.29) is 0 Å². The zero-order valence-corrected chi connectivity index (χ0v) is 9.61. The molecule has 0 fully saturated rings. The lowest BCUT2D eigenvalue weighted by molar-refractivity contribution is 0.568. The fourth-order valence-electron chi connectivity index (χ4n) is 2.36. The van der Waals surface area contributed by atoms with Gasteiger partial charge in [-0.25, -0.2) is 19.9 Å². The van der Waals surface area contributed by atoms with Crippen LogP contribution in [0, 0.1) is 0 Å². The Bertz CT molecular complexity index is 698. The van der Waals surface area contributed by atoms with Crippen LogP contribution in [0.2, 0.25) is 0 Å². The Morgan fingerprint density at radius 1 is 1.17 bits per heavy atom. The summed E-state index contributed by atoms with van der Waals surface area (Å²) < 4.78 is 2.17. The van der Waals surface area contributed by atoms with Gasteiger partial charge in [0.05, 0.1) is 24.9 Å². The Kier molecular flexibility index (Phi) is 1.88. The number of aromatic nitrogens is 6. The average molecular weight is 241 g/mol. The quantitative estimate of drug-likeness (QED) is 0.674. The Morgan fingerprint density at radius 3 is 3.17 bits per heavy atom. The molecule has 4 heterocycles.